The minimum absolute atomic E-state index is 0.172. The van der Waals surface area contributed by atoms with Gasteiger partial charge in [0.25, 0.3) is 10.0 Å². The average molecular weight is 367 g/mol. The fourth-order valence-corrected chi connectivity index (χ4v) is 3.06. The van der Waals surface area contributed by atoms with Gasteiger partial charge in [0.05, 0.1) is 15.2 Å². The van der Waals surface area contributed by atoms with Crippen molar-refractivity contribution < 1.29 is 17.9 Å². The fourth-order valence-electron chi connectivity index (χ4n) is 1.37. The van der Waals surface area contributed by atoms with Crippen molar-refractivity contribution in [2.75, 3.05) is 4.72 Å². The molecule has 0 radical (unpaired) electrons. The molecular formula is C11H9BrClNO4S. The predicted octanol–water partition coefficient (Wildman–Crippen LogP) is 2.99. The monoisotopic (exact) mass is 365 g/mol. The lowest BCUT2D eigenvalue weighted by atomic mass is 10.3. The third-order valence-corrected chi connectivity index (χ3v) is 4.89. The highest BCUT2D eigenvalue weighted by Gasteiger charge is 2.20. The molecule has 0 unspecified atom stereocenters. The van der Waals surface area contributed by atoms with Crippen molar-refractivity contribution in [1.29, 1.82) is 0 Å². The van der Waals surface area contributed by atoms with Crippen molar-refractivity contribution >= 4 is 43.2 Å². The minimum atomic E-state index is -3.86. The van der Waals surface area contributed by atoms with Crippen LogP contribution in [-0.2, 0) is 16.6 Å². The Balaban J connectivity index is 2.33. The maximum Gasteiger partial charge on any atom is 0.295 e. The third-order valence-electron chi connectivity index (χ3n) is 2.25. The maximum absolute atomic E-state index is 12.0. The van der Waals surface area contributed by atoms with E-state index in [0.717, 1.165) is 0 Å². The summed E-state index contributed by atoms with van der Waals surface area (Å²) < 4.78 is 31.9. The lowest BCUT2D eigenvalue weighted by molar-refractivity contribution is 0.236. The summed E-state index contributed by atoms with van der Waals surface area (Å²) >= 11 is 9.07. The van der Waals surface area contributed by atoms with Crippen LogP contribution in [0, 0.1) is 0 Å². The van der Waals surface area contributed by atoms with Gasteiger partial charge < -0.3 is 9.52 Å². The molecule has 1 heterocycles. The lowest BCUT2D eigenvalue weighted by Gasteiger charge is -2.08. The first kappa shape index (κ1) is 14.4. The number of rotatable bonds is 4. The zero-order valence-electron chi connectivity index (χ0n) is 9.43. The molecule has 2 N–H and O–H groups in total. The summed E-state index contributed by atoms with van der Waals surface area (Å²) in [6.07, 6.45) is 0. The Hall–Kier alpha value is -1.02. The lowest BCUT2D eigenvalue weighted by Crippen LogP contribution is -2.12. The Bertz CT molecular complexity index is 698. The largest absolute Gasteiger partial charge is 0.445 e. The van der Waals surface area contributed by atoms with Crippen LogP contribution < -0.4 is 4.72 Å². The van der Waals surface area contributed by atoms with Crippen molar-refractivity contribution in [3.8, 4) is 0 Å². The van der Waals surface area contributed by atoms with Gasteiger partial charge in [-0.1, -0.05) is 17.7 Å². The van der Waals surface area contributed by atoms with Gasteiger partial charge in [0.1, 0.15) is 12.4 Å². The van der Waals surface area contributed by atoms with E-state index in [4.69, 9.17) is 21.1 Å². The Morgan fingerprint density at radius 3 is 2.68 bits per heavy atom. The Morgan fingerprint density at radius 1 is 1.32 bits per heavy atom. The van der Waals surface area contributed by atoms with Crippen molar-refractivity contribution in [1.82, 2.24) is 0 Å². The molecule has 0 aliphatic heterocycles. The second-order valence-electron chi connectivity index (χ2n) is 3.59. The number of benzene rings is 1. The van der Waals surface area contributed by atoms with E-state index in [1.807, 2.05) is 0 Å². The number of aliphatic hydroxyl groups excluding tert-OH is 1. The number of halogens is 2. The fraction of sp³-hybridized carbons (Fsp3) is 0.0909. The molecule has 0 fully saturated rings. The third kappa shape index (κ3) is 3.11. The van der Waals surface area contributed by atoms with E-state index in [2.05, 4.69) is 20.7 Å². The zero-order valence-corrected chi connectivity index (χ0v) is 12.6. The van der Waals surface area contributed by atoms with Gasteiger partial charge in [-0.2, -0.15) is 8.42 Å². The number of furan rings is 1. The standard InChI is InChI=1S/C11H9BrClNO4S/c12-11-8(13)2-1-3-9(11)14-19(16,17)10-5-4-7(6-15)18-10/h1-5,14-15H,6H2. The molecular weight excluding hydrogens is 358 g/mol. The van der Waals surface area contributed by atoms with E-state index >= 15 is 0 Å². The zero-order chi connectivity index (χ0) is 14.0. The van der Waals surface area contributed by atoms with Crippen LogP contribution in [-0.4, -0.2) is 13.5 Å². The first-order valence-corrected chi connectivity index (χ1v) is 7.76. The van der Waals surface area contributed by atoms with Gasteiger partial charge >= 0.3 is 0 Å². The molecule has 0 bridgehead atoms. The summed E-state index contributed by atoms with van der Waals surface area (Å²) in [4.78, 5) is 0. The summed E-state index contributed by atoms with van der Waals surface area (Å²) in [5.74, 6) is 0.172. The molecule has 0 saturated carbocycles. The van der Waals surface area contributed by atoms with Gasteiger partial charge in [0.15, 0.2) is 0 Å². The molecule has 0 saturated heterocycles. The number of nitrogens with one attached hydrogen (secondary N) is 1. The Labute approximate surface area is 123 Å². The summed E-state index contributed by atoms with van der Waals surface area (Å²) in [5.41, 5.74) is 0.300. The second-order valence-corrected chi connectivity index (χ2v) is 6.40. The van der Waals surface area contributed by atoms with Crippen LogP contribution in [0.4, 0.5) is 5.69 Å². The Morgan fingerprint density at radius 2 is 2.05 bits per heavy atom. The quantitative estimate of drug-likeness (QED) is 0.872. The van der Waals surface area contributed by atoms with Crippen LogP contribution >= 0.6 is 27.5 Å². The highest BCUT2D eigenvalue weighted by Crippen LogP contribution is 2.31. The first-order valence-electron chi connectivity index (χ1n) is 5.10. The molecule has 2 aromatic rings. The van der Waals surface area contributed by atoms with Gasteiger partial charge in [-0.05, 0) is 40.2 Å². The van der Waals surface area contributed by atoms with Crippen LogP contribution in [0.5, 0.6) is 0 Å². The number of hydrogen-bond donors (Lipinski definition) is 2. The molecule has 19 heavy (non-hydrogen) atoms. The molecule has 102 valence electrons. The van der Waals surface area contributed by atoms with Crippen LogP contribution in [0.2, 0.25) is 5.02 Å². The minimum Gasteiger partial charge on any atom is -0.445 e. The normalized spacial score (nSPS) is 11.5. The number of anilines is 1. The van der Waals surface area contributed by atoms with Crippen molar-refractivity contribution in [3.63, 3.8) is 0 Å². The van der Waals surface area contributed by atoms with Gasteiger partial charge in [0.2, 0.25) is 5.09 Å². The van der Waals surface area contributed by atoms with Gasteiger partial charge in [-0.15, -0.1) is 0 Å². The molecule has 2 rings (SSSR count). The van der Waals surface area contributed by atoms with Crippen molar-refractivity contribution in [2.24, 2.45) is 0 Å². The summed E-state index contributed by atoms with van der Waals surface area (Å²) in [6, 6.07) is 7.46. The van der Waals surface area contributed by atoms with Crippen molar-refractivity contribution in [2.45, 2.75) is 11.7 Å². The SMILES string of the molecule is O=S(=O)(Nc1cccc(Cl)c1Br)c1ccc(CO)o1. The molecule has 0 amide bonds. The molecule has 5 nitrogen and oxygen atoms in total. The topological polar surface area (TPSA) is 79.5 Å². The van der Waals surface area contributed by atoms with Gasteiger partial charge in [0, 0.05) is 0 Å². The van der Waals surface area contributed by atoms with Crippen molar-refractivity contribution in [3.05, 3.63) is 45.6 Å². The molecule has 8 heteroatoms. The van der Waals surface area contributed by atoms with Crippen LogP contribution in [0.25, 0.3) is 0 Å². The van der Waals surface area contributed by atoms with Crippen LogP contribution in [0.3, 0.4) is 0 Å². The molecule has 1 aromatic heterocycles. The second kappa shape index (κ2) is 5.54. The van der Waals surface area contributed by atoms with E-state index in [1.54, 1.807) is 18.2 Å². The molecule has 0 aliphatic rings. The smallest absolute Gasteiger partial charge is 0.295 e. The van der Waals surface area contributed by atoms with E-state index in [-0.39, 0.29) is 17.5 Å². The maximum atomic E-state index is 12.0. The number of aliphatic hydroxyl groups is 1. The molecule has 1 aromatic carbocycles. The molecule has 0 aliphatic carbocycles. The van der Waals surface area contributed by atoms with E-state index in [0.29, 0.717) is 15.2 Å². The summed E-state index contributed by atoms with van der Waals surface area (Å²) in [7, 11) is -3.86. The van der Waals surface area contributed by atoms with E-state index < -0.39 is 10.0 Å². The summed E-state index contributed by atoms with van der Waals surface area (Å²) in [5, 5.41) is 8.96. The average Bonchev–Trinajstić information content (AvgIpc) is 2.84. The van der Waals surface area contributed by atoms with Crippen LogP contribution in [0.15, 0.2) is 44.3 Å². The molecule has 0 spiro atoms. The number of sulfonamides is 1. The van der Waals surface area contributed by atoms with Gasteiger partial charge in [-0.25, -0.2) is 0 Å². The first-order chi connectivity index (χ1) is 8.94. The van der Waals surface area contributed by atoms with Crippen LogP contribution in [0.1, 0.15) is 5.76 Å². The predicted molar refractivity (Wildman–Crippen MR) is 74.6 cm³/mol. The van der Waals surface area contributed by atoms with E-state index in [1.165, 1.54) is 12.1 Å². The van der Waals surface area contributed by atoms with E-state index in [9.17, 15) is 8.42 Å². The highest BCUT2D eigenvalue weighted by molar-refractivity contribution is 9.10. The van der Waals surface area contributed by atoms with Gasteiger partial charge in [-0.3, -0.25) is 4.72 Å². The Kier molecular flexibility index (Phi) is 4.19. The highest BCUT2D eigenvalue weighted by atomic mass is 79.9. The molecule has 0 atom stereocenters. The summed E-state index contributed by atoms with van der Waals surface area (Å²) in [6.45, 7) is -0.365. The number of hydrogen-bond acceptors (Lipinski definition) is 4.